The first-order valence-corrected chi connectivity index (χ1v) is 7.48. The molecular formula is C17H22N4. The highest BCUT2D eigenvalue weighted by Crippen LogP contribution is 2.31. The molecule has 1 aromatic carbocycles. The zero-order valence-electron chi connectivity index (χ0n) is 12.9. The van der Waals surface area contributed by atoms with E-state index >= 15 is 0 Å². The highest BCUT2D eigenvalue weighted by Gasteiger charge is 2.21. The van der Waals surface area contributed by atoms with E-state index in [2.05, 4.69) is 59.6 Å². The number of hydrogen-bond acceptors (Lipinski definition) is 4. The average molecular weight is 282 g/mol. The standard InChI is InChI=1S/C17H22N4/c1-17(2,3)13-6-4-5-7-14(13)20-16-18-11-10-15(21-16)19-12-8-9-12/h4-7,10-12H,8-9H2,1-3H3,(H2,18,19,20,21). The fourth-order valence-electron chi connectivity index (χ4n) is 2.30. The molecular weight excluding hydrogens is 260 g/mol. The van der Waals surface area contributed by atoms with Crippen LogP contribution in [0.4, 0.5) is 17.5 Å². The number of rotatable bonds is 4. The van der Waals surface area contributed by atoms with Gasteiger partial charge in [-0.3, -0.25) is 0 Å². The lowest BCUT2D eigenvalue weighted by Crippen LogP contribution is -2.14. The number of benzene rings is 1. The fourth-order valence-corrected chi connectivity index (χ4v) is 2.30. The normalized spacial score (nSPS) is 14.8. The molecule has 0 bridgehead atoms. The van der Waals surface area contributed by atoms with E-state index in [1.807, 2.05) is 12.1 Å². The van der Waals surface area contributed by atoms with Crippen molar-refractivity contribution < 1.29 is 0 Å². The summed E-state index contributed by atoms with van der Waals surface area (Å²) < 4.78 is 0. The largest absolute Gasteiger partial charge is 0.367 e. The highest BCUT2D eigenvalue weighted by molar-refractivity contribution is 5.61. The molecule has 2 N–H and O–H groups in total. The molecule has 110 valence electrons. The summed E-state index contributed by atoms with van der Waals surface area (Å²) in [5.41, 5.74) is 2.40. The summed E-state index contributed by atoms with van der Waals surface area (Å²) in [4.78, 5) is 8.86. The van der Waals surface area contributed by atoms with Crippen LogP contribution in [-0.4, -0.2) is 16.0 Å². The number of nitrogens with zero attached hydrogens (tertiary/aromatic N) is 2. The quantitative estimate of drug-likeness (QED) is 0.886. The third-order valence-corrected chi connectivity index (χ3v) is 3.57. The molecule has 1 saturated carbocycles. The van der Waals surface area contributed by atoms with E-state index in [-0.39, 0.29) is 5.41 Å². The Morgan fingerprint density at radius 2 is 1.86 bits per heavy atom. The van der Waals surface area contributed by atoms with E-state index in [9.17, 15) is 0 Å². The van der Waals surface area contributed by atoms with Crippen LogP contribution in [0.25, 0.3) is 0 Å². The van der Waals surface area contributed by atoms with Gasteiger partial charge in [-0.1, -0.05) is 39.0 Å². The Hall–Kier alpha value is -2.10. The topological polar surface area (TPSA) is 49.8 Å². The van der Waals surface area contributed by atoms with Crippen molar-refractivity contribution in [2.45, 2.75) is 45.1 Å². The minimum absolute atomic E-state index is 0.0769. The van der Waals surface area contributed by atoms with Gasteiger partial charge in [-0.2, -0.15) is 4.98 Å². The molecule has 21 heavy (non-hydrogen) atoms. The summed E-state index contributed by atoms with van der Waals surface area (Å²) in [5, 5.41) is 6.75. The van der Waals surface area contributed by atoms with Gasteiger partial charge in [0.1, 0.15) is 5.82 Å². The molecule has 0 amide bonds. The molecule has 1 aromatic heterocycles. The van der Waals surface area contributed by atoms with Crippen LogP contribution in [0.2, 0.25) is 0 Å². The van der Waals surface area contributed by atoms with Gasteiger partial charge in [-0.15, -0.1) is 0 Å². The number of hydrogen-bond donors (Lipinski definition) is 2. The van der Waals surface area contributed by atoms with E-state index in [1.165, 1.54) is 18.4 Å². The fraction of sp³-hybridized carbons (Fsp3) is 0.412. The molecule has 2 aromatic rings. The lowest BCUT2D eigenvalue weighted by Gasteiger charge is -2.23. The number of anilines is 3. The smallest absolute Gasteiger partial charge is 0.229 e. The molecule has 1 fully saturated rings. The van der Waals surface area contributed by atoms with Gasteiger partial charge in [0, 0.05) is 17.9 Å². The van der Waals surface area contributed by atoms with Crippen LogP contribution in [0, 0.1) is 0 Å². The first-order chi connectivity index (χ1) is 10.0. The van der Waals surface area contributed by atoms with Crippen LogP contribution < -0.4 is 10.6 Å². The molecule has 0 unspecified atom stereocenters. The second-order valence-electron chi connectivity index (χ2n) is 6.60. The summed E-state index contributed by atoms with van der Waals surface area (Å²) in [7, 11) is 0. The summed E-state index contributed by atoms with van der Waals surface area (Å²) >= 11 is 0. The Balaban J connectivity index is 1.83. The van der Waals surface area contributed by atoms with Gasteiger partial charge < -0.3 is 10.6 Å². The predicted molar refractivity (Wildman–Crippen MR) is 87.1 cm³/mol. The lowest BCUT2D eigenvalue weighted by atomic mass is 9.86. The molecule has 0 spiro atoms. The van der Waals surface area contributed by atoms with Crippen LogP contribution in [0.1, 0.15) is 39.2 Å². The summed E-state index contributed by atoms with van der Waals surface area (Å²) in [6.45, 7) is 6.62. The summed E-state index contributed by atoms with van der Waals surface area (Å²) in [5.74, 6) is 1.53. The van der Waals surface area contributed by atoms with E-state index in [0.29, 0.717) is 12.0 Å². The van der Waals surface area contributed by atoms with Gasteiger partial charge in [0.05, 0.1) is 0 Å². The second-order valence-corrected chi connectivity index (χ2v) is 6.60. The first-order valence-electron chi connectivity index (χ1n) is 7.48. The summed E-state index contributed by atoms with van der Waals surface area (Å²) in [6, 6.07) is 10.8. The van der Waals surface area contributed by atoms with Gasteiger partial charge in [0.25, 0.3) is 0 Å². The third kappa shape index (κ3) is 3.51. The van der Waals surface area contributed by atoms with Crippen LogP contribution in [0.15, 0.2) is 36.5 Å². The zero-order chi connectivity index (χ0) is 14.9. The van der Waals surface area contributed by atoms with Gasteiger partial charge in [0.15, 0.2) is 0 Å². The van der Waals surface area contributed by atoms with Crippen molar-refractivity contribution in [1.82, 2.24) is 9.97 Å². The highest BCUT2D eigenvalue weighted by atomic mass is 15.2. The minimum atomic E-state index is 0.0769. The maximum absolute atomic E-state index is 4.54. The number of nitrogens with one attached hydrogen (secondary N) is 2. The second kappa shape index (κ2) is 5.35. The van der Waals surface area contributed by atoms with Gasteiger partial charge >= 0.3 is 0 Å². The Labute approximate surface area is 126 Å². The van der Waals surface area contributed by atoms with Crippen molar-refractivity contribution in [3.05, 3.63) is 42.1 Å². The molecule has 1 aliphatic rings. The molecule has 3 rings (SSSR count). The molecule has 1 heterocycles. The molecule has 0 radical (unpaired) electrons. The van der Waals surface area contributed by atoms with Crippen LogP contribution in [0.3, 0.4) is 0 Å². The van der Waals surface area contributed by atoms with Crippen molar-refractivity contribution >= 4 is 17.5 Å². The maximum Gasteiger partial charge on any atom is 0.229 e. The Bertz CT molecular complexity index is 627. The van der Waals surface area contributed by atoms with Crippen LogP contribution in [0.5, 0.6) is 0 Å². The molecule has 0 saturated heterocycles. The van der Waals surface area contributed by atoms with Crippen molar-refractivity contribution in [1.29, 1.82) is 0 Å². The molecule has 4 nitrogen and oxygen atoms in total. The van der Waals surface area contributed by atoms with Crippen molar-refractivity contribution in [3.63, 3.8) is 0 Å². The average Bonchev–Trinajstić information content (AvgIpc) is 3.22. The number of aromatic nitrogens is 2. The molecule has 4 heteroatoms. The van der Waals surface area contributed by atoms with E-state index in [1.54, 1.807) is 6.20 Å². The van der Waals surface area contributed by atoms with Crippen LogP contribution >= 0.6 is 0 Å². The first kappa shape index (κ1) is 13.9. The lowest BCUT2D eigenvalue weighted by molar-refractivity contribution is 0.592. The van der Waals surface area contributed by atoms with E-state index in [4.69, 9.17) is 0 Å². The third-order valence-electron chi connectivity index (χ3n) is 3.57. The number of para-hydroxylation sites is 1. The van der Waals surface area contributed by atoms with Crippen molar-refractivity contribution in [2.24, 2.45) is 0 Å². The SMILES string of the molecule is CC(C)(C)c1ccccc1Nc1nccc(NC2CC2)n1. The van der Waals surface area contributed by atoms with E-state index < -0.39 is 0 Å². The molecule has 1 aliphatic carbocycles. The van der Waals surface area contributed by atoms with Gasteiger partial charge in [-0.25, -0.2) is 4.98 Å². The predicted octanol–water partition coefficient (Wildman–Crippen LogP) is 4.09. The Morgan fingerprint density at radius 1 is 1.10 bits per heavy atom. The Kier molecular flexibility index (Phi) is 3.53. The van der Waals surface area contributed by atoms with E-state index in [0.717, 1.165) is 11.5 Å². The Morgan fingerprint density at radius 3 is 2.57 bits per heavy atom. The van der Waals surface area contributed by atoms with Gasteiger partial charge in [0.2, 0.25) is 5.95 Å². The summed E-state index contributed by atoms with van der Waals surface area (Å²) in [6.07, 6.45) is 4.26. The molecule has 0 atom stereocenters. The zero-order valence-corrected chi connectivity index (χ0v) is 12.9. The minimum Gasteiger partial charge on any atom is -0.367 e. The maximum atomic E-state index is 4.54. The monoisotopic (exact) mass is 282 g/mol. The van der Waals surface area contributed by atoms with Crippen molar-refractivity contribution in [3.8, 4) is 0 Å². The van der Waals surface area contributed by atoms with Crippen molar-refractivity contribution in [2.75, 3.05) is 10.6 Å². The van der Waals surface area contributed by atoms with Gasteiger partial charge in [-0.05, 0) is 36.0 Å². The molecule has 0 aliphatic heterocycles. The van der Waals surface area contributed by atoms with Crippen LogP contribution in [-0.2, 0) is 5.41 Å².